The Morgan fingerprint density at radius 3 is 2.41 bits per heavy atom. The molecular formula is C30H32O7. The number of fused-ring (bicyclic) bond motifs is 1. The Morgan fingerprint density at radius 1 is 1.00 bits per heavy atom. The largest absolute Gasteiger partial charge is 0.507 e. The second-order valence-electron chi connectivity index (χ2n) is 9.36. The van der Waals surface area contributed by atoms with Gasteiger partial charge in [0.15, 0.2) is 17.3 Å². The minimum absolute atomic E-state index is 0.0922. The van der Waals surface area contributed by atoms with Crippen molar-refractivity contribution in [1.29, 1.82) is 0 Å². The van der Waals surface area contributed by atoms with Crippen LogP contribution in [0.3, 0.4) is 0 Å². The fourth-order valence-electron chi connectivity index (χ4n) is 4.35. The van der Waals surface area contributed by atoms with Crippen LogP contribution in [0.5, 0.6) is 34.5 Å². The smallest absolute Gasteiger partial charge is 0.193 e. The SMILES string of the molecule is COc1cc(OCc2ccccc2)c(OC)cc1/C=C/C(=O)c1c(O)cc2c(c1OC)CCC(C)(C)O2. The Morgan fingerprint density at radius 2 is 1.73 bits per heavy atom. The van der Waals surface area contributed by atoms with E-state index in [1.165, 1.54) is 19.3 Å². The van der Waals surface area contributed by atoms with Crippen LogP contribution in [0.4, 0.5) is 0 Å². The van der Waals surface area contributed by atoms with Crippen molar-refractivity contribution in [3.8, 4) is 34.5 Å². The molecule has 0 atom stereocenters. The zero-order chi connectivity index (χ0) is 26.6. The highest BCUT2D eigenvalue weighted by molar-refractivity contribution is 6.11. The van der Waals surface area contributed by atoms with E-state index in [0.717, 1.165) is 17.5 Å². The second kappa shape index (κ2) is 10.9. The molecule has 4 rings (SSSR count). The van der Waals surface area contributed by atoms with Gasteiger partial charge in [0.05, 0.1) is 21.3 Å². The highest BCUT2D eigenvalue weighted by Crippen LogP contribution is 2.45. The van der Waals surface area contributed by atoms with Crippen molar-refractivity contribution in [2.24, 2.45) is 0 Å². The van der Waals surface area contributed by atoms with Crippen LogP contribution in [0.1, 0.15) is 47.3 Å². The molecule has 0 spiro atoms. The molecule has 0 unspecified atom stereocenters. The molecule has 7 nitrogen and oxygen atoms in total. The number of aromatic hydroxyl groups is 1. The van der Waals surface area contributed by atoms with Crippen LogP contribution in [-0.4, -0.2) is 37.8 Å². The molecule has 7 heteroatoms. The van der Waals surface area contributed by atoms with Crippen molar-refractivity contribution in [2.75, 3.05) is 21.3 Å². The van der Waals surface area contributed by atoms with Crippen molar-refractivity contribution in [3.63, 3.8) is 0 Å². The van der Waals surface area contributed by atoms with Crippen LogP contribution in [0.15, 0.2) is 54.6 Å². The molecule has 0 aromatic heterocycles. The third-order valence-corrected chi connectivity index (χ3v) is 6.30. The monoisotopic (exact) mass is 504 g/mol. The maximum atomic E-state index is 13.2. The number of benzene rings is 3. The van der Waals surface area contributed by atoms with Crippen molar-refractivity contribution in [3.05, 3.63) is 76.9 Å². The van der Waals surface area contributed by atoms with E-state index < -0.39 is 5.78 Å². The average molecular weight is 505 g/mol. The summed E-state index contributed by atoms with van der Waals surface area (Å²) in [7, 11) is 4.58. The highest BCUT2D eigenvalue weighted by Gasteiger charge is 2.32. The molecule has 3 aromatic carbocycles. The van der Waals surface area contributed by atoms with E-state index in [9.17, 15) is 9.90 Å². The summed E-state index contributed by atoms with van der Waals surface area (Å²) in [5, 5.41) is 10.7. The van der Waals surface area contributed by atoms with Crippen molar-refractivity contribution in [2.45, 2.75) is 38.9 Å². The lowest BCUT2D eigenvalue weighted by molar-refractivity contribution is 0.0831. The number of methoxy groups -OCH3 is 3. The first-order chi connectivity index (χ1) is 17.8. The topological polar surface area (TPSA) is 83.5 Å². The summed E-state index contributed by atoms with van der Waals surface area (Å²) in [6.45, 7) is 4.34. The Hall–Kier alpha value is -4.13. The Labute approximate surface area is 217 Å². The third kappa shape index (κ3) is 5.66. The average Bonchev–Trinajstić information content (AvgIpc) is 2.89. The normalized spacial score (nSPS) is 14.0. The molecule has 1 aliphatic rings. The molecule has 0 fully saturated rings. The van der Waals surface area contributed by atoms with Gasteiger partial charge in [-0.25, -0.2) is 0 Å². The lowest BCUT2D eigenvalue weighted by Crippen LogP contribution is -2.32. The first-order valence-corrected chi connectivity index (χ1v) is 12.0. The van der Waals surface area contributed by atoms with E-state index >= 15 is 0 Å². The van der Waals surface area contributed by atoms with Crippen LogP contribution in [0.2, 0.25) is 0 Å². The lowest BCUT2D eigenvalue weighted by atomic mass is 9.91. The molecule has 1 heterocycles. The van der Waals surface area contributed by atoms with E-state index in [-0.39, 0.29) is 16.9 Å². The van der Waals surface area contributed by atoms with Gasteiger partial charge in [0.1, 0.15) is 40.8 Å². The van der Waals surface area contributed by atoms with Gasteiger partial charge in [-0.15, -0.1) is 0 Å². The summed E-state index contributed by atoms with van der Waals surface area (Å²) in [5.74, 6) is 1.77. The summed E-state index contributed by atoms with van der Waals surface area (Å²) in [5.41, 5.74) is 2.14. The summed E-state index contributed by atoms with van der Waals surface area (Å²) >= 11 is 0. The second-order valence-corrected chi connectivity index (χ2v) is 9.36. The lowest BCUT2D eigenvalue weighted by Gasteiger charge is -2.33. The molecule has 194 valence electrons. The number of ether oxygens (including phenoxy) is 5. The zero-order valence-electron chi connectivity index (χ0n) is 21.8. The van der Waals surface area contributed by atoms with E-state index in [1.54, 1.807) is 32.4 Å². The maximum Gasteiger partial charge on any atom is 0.193 e. The number of carbonyl (C=O) groups excluding carboxylic acids is 1. The van der Waals surface area contributed by atoms with Crippen molar-refractivity contribution >= 4 is 11.9 Å². The minimum Gasteiger partial charge on any atom is -0.507 e. The Balaban J connectivity index is 1.62. The zero-order valence-corrected chi connectivity index (χ0v) is 21.8. The van der Waals surface area contributed by atoms with E-state index in [4.69, 9.17) is 23.7 Å². The molecule has 3 aromatic rings. The molecule has 0 radical (unpaired) electrons. The van der Waals surface area contributed by atoms with E-state index in [2.05, 4.69) is 0 Å². The van der Waals surface area contributed by atoms with E-state index in [0.29, 0.717) is 47.3 Å². The van der Waals surface area contributed by atoms with E-state index in [1.807, 2.05) is 44.2 Å². The molecule has 0 bridgehead atoms. The van der Waals surface area contributed by atoms with Gasteiger partial charge in [-0.05, 0) is 50.5 Å². The van der Waals surface area contributed by atoms with Crippen molar-refractivity contribution < 1.29 is 33.6 Å². The number of carbonyl (C=O) groups is 1. The van der Waals surface area contributed by atoms with Crippen LogP contribution in [0, 0.1) is 0 Å². The van der Waals surface area contributed by atoms with Crippen LogP contribution in [-0.2, 0) is 13.0 Å². The molecule has 1 N–H and O–H groups in total. The molecule has 0 saturated carbocycles. The number of ketones is 1. The summed E-state index contributed by atoms with van der Waals surface area (Å²) < 4.78 is 28.6. The van der Waals surface area contributed by atoms with Gasteiger partial charge in [0, 0.05) is 23.3 Å². The predicted molar refractivity (Wildman–Crippen MR) is 141 cm³/mol. The molecule has 1 aliphatic heterocycles. The van der Waals surface area contributed by atoms with Crippen LogP contribution in [0.25, 0.3) is 6.08 Å². The van der Waals surface area contributed by atoms with Crippen LogP contribution < -0.4 is 23.7 Å². The third-order valence-electron chi connectivity index (χ3n) is 6.30. The van der Waals surface area contributed by atoms with Gasteiger partial charge in [0.25, 0.3) is 0 Å². The Kier molecular flexibility index (Phi) is 7.62. The fourth-order valence-corrected chi connectivity index (χ4v) is 4.35. The first-order valence-electron chi connectivity index (χ1n) is 12.0. The summed E-state index contributed by atoms with van der Waals surface area (Å²) in [4.78, 5) is 13.2. The fraction of sp³-hybridized carbons (Fsp3) is 0.300. The van der Waals surface area contributed by atoms with Gasteiger partial charge < -0.3 is 28.8 Å². The maximum absolute atomic E-state index is 13.2. The number of allylic oxidation sites excluding steroid dienone is 1. The van der Waals surface area contributed by atoms with Gasteiger partial charge in [0.2, 0.25) is 0 Å². The van der Waals surface area contributed by atoms with Gasteiger partial charge in [-0.3, -0.25) is 4.79 Å². The summed E-state index contributed by atoms with van der Waals surface area (Å²) in [6.07, 6.45) is 4.42. The number of phenolic OH excluding ortho intramolecular Hbond substituents is 1. The first kappa shape index (κ1) is 25.9. The van der Waals surface area contributed by atoms with Gasteiger partial charge >= 0.3 is 0 Å². The molecular weight excluding hydrogens is 472 g/mol. The molecule has 37 heavy (non-hydrogen) atoms. The highest BCUT2D eigenvalue weighted by atomic mass is 16.5. The molecule has 0 amide bonds. The van der Waals surface area contributed by atoms with Crippen LogP contribution >= 0.6 is 0 Å². The number of phenols is 1. The number of rotatable bonds is 9. The standard InChI is InChI=1S/C30H32O7/c1-30(2)14-13-21-25(37-30)16-23(32)28(29(21)35-5)22(31)12-11-20-15-26(34-4)27(17-24(20)33-3)36-18-19-9-7-6-8-10-19/h6-12,15-17,32H,13-14,18H2,1-5H3/b12-11+. The molecule has 0 saturated heterocycles. The number of hydrogen-bond acceptors (Lipinski definition) is 7. The number of hydrogen-bond donors (Lipinski definition) is 1. The van der Waals surface area contributed by atoms with Crippen molar-refractivity contribution in [1.82, 2.24) is 0 Å². The Bertz CT molecular complexity index is 1310. The predicted octanol–water partition coefficient (Wildman–Crippen LogP) is 6.00. The van der Waals surface area contributed by atoms with Gasteiger partial charge in [-0.1, -0.05) is 30.3 Å². The quantitative estimate of drug-likeness (QED) is 0.283. The molecule has 0 aliphatic carbocycles. The van der Waals surface area contributed by atoms with Gasteiger partial charge in [-0.2, -0.15) is 0 Å². The minimum atomic E-state index is -0.410. The summed E-state index contributed by atoms with van der Waals surface area (Å²) in [6, 6.07) is 14.7.